The molecule has 0 saturated heterocycles. The summed E-state index contributed by atoms with van der Waals surface area (Å²) in [6.07, 6.45) is -2.97. The van der Waals surface area contributed by atoms with Crippen molar-refractivity contribution < 1.29 is 18.3 Å². The number of benzene rings is 2. The minimum absolute atomic E-state index is 0.109. The molecule has 0 spiro atoms. The van der Waals surface area contributed by atoms with E-state index in [9.17, 15) is 23.1 Å². The predicted molar refractivity (Wildman–Crippen MR) is 103 cm³/mol. The molecule has 0 fully saturated rings. The van der Waals surface area contributed by atoms with Crippen molar-refractivity contribution in [3.8, 4) is 11.1 Å². The molecule has 0 saturated carbocycles. The van der Waals surface area contributed by atoms with E-state index >= 15 is 0 Å². The number of rotatable bonds is 3. The summed E-state index contributed by atoms with van der Waals surface area (Å²) in [5.74, 6) is -1.99. The van der Waals surface area contributed by atoms with E-state index in [1.807, 2.05) is 54.6 Å². The molecule has 1 N–H and O–H groups in total. The lowest BCUT2D eigenvalue weighted by molar-refractivity contribution is -0.0897. The second-order valence-electron chi connectivity index (χ2n) is 6.06. The Hall–Kier alpha value is -3.33. The SMILES string of the molecule is O=c1c(=C(O)C(F)(F)F)cnc2c(-c3ccc(Sc4ccccc4)cc3)cnn12. The van der Waals surface area contributed by atoms with Crippen LogP contribution in [0.4, 0.5) is 13.2 Å². The molecule has 0 aliphatic heterocycles. The lowest BCUT2D eigenvalue weighted by atomic mass is 10.1. The Labute approximate surface area is 166 Å². The highest BCUT2D eigenvalue weighted by Crippen LogP contribution is 2.30. The molecule has 4 aromatic rings. The van der Waals surface area contributed by atoms with Crippen molar-refractivity contribution in [3.05, 3.63) is 82.6 Å². The Bertz CT molecular complexity index is 1290. The molecule has 146 valence electrons. The number of aliphatic hydroxyl groups excluding tert-OH is 1. The van der Waals surface area contributed by atoms with Crippen LogP contribution in [-0.2, 0) is 0 Å². The fourth-order valence-corrected chi connectivity index (χ4v) is 3.59. The molecule has 0 atom stereocenters. The average molecular weight is 415 g/mol. The average Bonchev–Trinajstić information content (AvgIpc) is 3.13. The third-order valence-corrected chi connectivity index (χ3v) is 5.17. The van der Waals surface area contributed by atoms with E-state index in [1.165, 1.54) is 6.20 Å². The molecule has 5 nitrogen and oxygen atoms in total. The van der Waals surface area contributed by atoms with Gasteiger partial charge < -0.3 is 5.11 Å². The van der Waals surface area contributed by atoms with Crippen molar-refractivity contribution in [1.29, 1.82) is 0 Å². The summed E-state index contributed by atoms with van der Waals surface area (Å²) >= 11 is 1.58. The van der Waals surface area contributed by atoms with Crippen molar-refractivity contribution in [2.45, 2.75) is 16.0 Å². The number of hydrogen-bond acceptors (Lipinski definition) is 5. The van der Waals surface area contributed by atoms with Crippen LogP contribution in [-0.4, -0.2) is 25.9 Å². The van der Waals surface area contributed by atoms with Crippen LogP contribution in [0.3, 0.4) is 0 Å². The maximum Gasteiger partial charge on any atom is 0.449 e. The summed E-state index contributed by atoms with van der Waals surface area (Å²) in [5, 5.41) is 12.2. The Morgan fingerprint density at radius 1 is 0.966 bits per heavy atom. The van der Waals surface area contributed by atoms with Crippen molar-refractivity contribution >= 4 is 23.2 Å². The minimum atomic E-state index is -5.04. The highest BCUT2D eigenvalue weighted by Gasteiger charge is 2.35. The normalized spacial score (nSPS) is 12.9. The number of halogens is 3. The van der Waals surface area contributed by atoms with Crippen LogP contribution in [0.1, 0.15) is 0 Å². The number of aromatic nitrogens is 3. The largest absolute Gasteiger partial charge is 0.504 e. The van der Waals surface area contributed by atoms with Crippen molar-refractivity contribution in [1.82, 2.24) is 14.6 Å². The number of aliphatic hydroxyl groups is 1. The monoisotopic (exact) mass is 415 g/mol. The van der Waals surface area contributed by atoms with Gasteiger partial charge in [-0.3, -0.25) is 4.79 Å². The fraction of sp³-hybridized carbons (Fsp3) is 0.0500. The van der Waals surface area contributed by atoms with Gasteiger partial charge in [-0.25, -0.2) is 4.98 Å². The van der Waals surface area contributed by atoms with Crippen molar-refractivity contribution in [2.75, 3.05) is 0 Å². The van der Waals surface area contributed by atoms with Gasteiger partial charge in [0.25, 0.3) is 5.56 Å². The molecule has 4 rings (SSSR count). The van der Waals surface area contributed by atoms with Gasteiger partial charge in [-0.1, -0.05) is 42.1 Å². The van der Waals surface area contributed by atoms with E-state index < -0.39 is 22.7 Å². The minimum Gasteiger partial charge on any atom is -0.504 e. The van der Waals surface area contributed by atoms with Crippen LogP contribution in [0, 0.1) is 0 Å². The van der Waals surface area contributed by atoms with Crippen molar-refractivity contribution in [2.24, 2.45) is 0 Å². The first-order valence-electron chi connectivity index (χ1n) is 8.35. The van der Waals surface area contributed by atoms with Crippen LogP contribution in [0.5, 0.6) is 0 Å². The number of alkyl halides is 3. The zero-order valence-corrected chi connectivity index (χ0v) is 15.4. The van der Waals surface area contributed by atoms with Crippen LogP contribution < -0.4 is 10.8 Å². The highest BCUT2D eigenvalue weighted by atomic mass is 32.2. The zero-order chi connectivity index (χ0) is 20.6. The molecular weight excluding hydrogens is 403 g/mol. The Morgan fingerprint density at radius 3 is 2.28 bits per heavy atom. The van der Waals surface area contributed by atoms with E-state index in [2.05, 4.69) is 10.1 Å². The molecule has 2 heterocycles. The Kier molecular flexibility index (Phi) is 4.75. The molecule has 2 aromatic carbocycles. The molecule has 2 aromatic heterocycles. The summed E-state index contributed by atoms with van der Waals surface area (Å²) in [6, 6.07) is 17.3. The van der Waals surface area contributed by atoms with Gasteiger partial charge in [-0.15, -0.1) is 0 Å². The highest BCUT2D eigenvalue weighted by molar-refractivity contribution is 7.99. The standard InChI is InChI=1S/C20H12F3N3O2S/c21-20(22,23)17(27)16-10-24-18-15(11-25-26(18)19(16)28)12-6-8-14(9-7-12)29-13-4-2-1-3-5-13/h1-11,27H. The van der Waals surface area contributed by atoms with E-state index in [1.54, 1.807) is 11.8 Å². The van der Waals surface area contributed by atoms with E-state index in [4.69, 9.17) is 0 Å². The van der Waals surface area contributed by atoms with Crippen LogP contribution in [0.15, 0.2) is 81.6 Å². The first-order chi connectivity index (χ1) is 13.8. The van der Waals surface area contributed by atoms with Crippen LogP contribution in [0.2, 0.25) is 0 Å². The summed E-state index contributed by atoms with van der Waals surface area (Å²) in [6.45, 7) is 0. The molecule has 9 heteroatoms. The first kappa shape index (κ1) is 19.0. The van der Waals surface area contributed by atoms with Gasteiger partial charge in [0.05, 0.1) is 6.20 Å². The molecule has 0 amide bonds. The van der Waals surface area contributed by atoms with Gasteiger partial charge in [0.1, 0.15) is 5.22 Å². The van der Waals surface area contributed by atoms with Gasteiger partial charge in [0.2, 0.25) is 5.76 Å². The van der Waals surface area contributed by atoms with Gasteiger partial charge in [-0.05, 0) is 29.8 Å². The predicted octanol–water partition coefficient (Wildman–Crippen LogP) is 3.86. The van der Waals surface area contributed by atoms with Crippen molar-refractivity contribution in [3.63, 3.8) is 0 Å². The zero-order valence-electron chi connectivity index (χ0n) is 14.6. The maximum atomic E-state index is 12.7. The first-order valence-corrected chi connectivity index (χ1v) is 9.17. The van der Waals surface area contributed by atoms with Gasteiger partial charge in [-0.2, -0.15) is 22.8 Å². The molecule has 29 heavy (non-hydrogen) atoms. The van der Waals surface area contributed by atoms with Crippen LogP contribution in [0.25, 0.3) is 22.5 Å². The lowest BCUT2D eigenvalue weighted by Crippen LogP contribution is -2.37. The molecule has 0 bridgehead atoms. The smallest absolute Gasteiger partial charge is 0.449 e. The van der Waals surface area contributed by atoms with E-state index in [0.29, 0.717) is 17.3 Å². The van der Waals surface area contributed by atoms with E-state index in [-0.39, 0.29) is 5.65 Å². The summed E-state index contributed by atoms with van der Waals surface area (Å²) in [7, 11) is 0. The topological polar surface area (TPSA) is 67.5 Å². The van der Waals surface area contributed by atoms with Gasteiger partial charge >= 0.3 is 6.18 Å². The number of nitrogens with zero attached hydrogens (tertiary/aromatic N) is 3. The summed E-state index contributed by atoms with van der Waals surface area (Å²) < 4.78 is 38.8. The van der Waals surface area contributed by atoms with Gasteiger partial charge in [0, 0.05) is 21.6 Å². The van der Waals surface area contributed by atoms with E-state index in [0.717, 1.165) is 14.3 Å². The molecular formula is C20H12F3N3O2S. The van der Waals surface area contributed by atoms with Gasteiger partial charge in [0.15, 0.2) is 5.65 Å². The molecule has 0 aliphatic rings. The maximum absolute atomic E-state index is 12.7. The number of hydrogen-bond donors (Lipinski definition) is 1. The Morgan fingerprint density at radius 2 is 1.62 bits per heavy atom. The second kappa shape index (κ2) is 7.25. The lowest BCUT2D eigenvalue weighted by Gasteiger charge is -2.05. The van der Waals surface area contributed by atoms with Crippen LogP contribution >= 0.6 is 11.8 Å². The third kappa shape index (κ3) is 3.68. The quantitative estimate of drug-likeness (QED) is 0.551. The molecule has 0 aliphatic carbocycles. The molecule has 0 radical (unpaired) electrons. The summed E-state index contributed by atoms with van der Waals surface area (Å²) in [4.78, 5) is 18.3. The molecule has 0 unspecified atom stereocenters. The number of fused-ring (bicyclic) bond motifs is 1. The Balaban J connectivity index is 1.72. The third-order valence-electron chi connectivity index (χ3n) is 4.15. The fourth-order valence-electron chi connectivity index (χ4n) is 2.76. The second-order valence-corrected chi connectivity index (χ2v) is 7.20. The summed E-state index contributed by atoms with van der Waals surface area (Å²) in [5.41, 5.74) is 0.224.